The van der Waals surface area contributed by atoms with Crippen LogP contribution >= 0.6 is 0 Å². The van der Waals surface area contributed by atoms with E-state index in [9.17, 15) is 0 Å². The van der Waals surface area contributed by atoms with Crippen LogP contribution in [0.1, 0.15) is 13.3 Å². The zero-order valence-electron chi connectivity index (χ0n) is 14.4. The molecule has 0 aromatic carbocycles. The van der Waals surface area contributed by atoms with Crippen LogP contribution < -0.4 is 0 Å². The van der Waals surface area contributed by atoms with Crippen LogP contribution in [-0.4, -0.2) is 0 Å². The molecule has 0 fully saturated rings. The first-order valence-corrected chi connectivity index (χ1v) is 8.12. The topological polar surface area (TPSA) is 0 Å². The van der Waals surface area contributed by atoms with Gasteiger partial charge in [0.15, 0.2) is 0 Å². The summed E-state index contributed by atoms with van der Waals surface area (Å²) in [6, 6.07) is 0. The van der Waals surface area contributed by atoms with Crippen LogP contribution in [0.4, 0.5) is 0 Å². The van der Waals surface area contributed by atoms with Crippen LogP contribution in [0.2, 0.25) is 0 Å². The molecule has 0 aliphatic carbocycles. The van der Waals surface area contributed by atoms with Crippen LogP contribution in [0, 0.1) is 6.58 Å². The summed E-state index contributed by atoms with van der Waals surface area (Å²) < 4.78 is 0. The summed E-state index contributed by atoms with van der Waals surface area (Å²) in [4.78, 5) is 0. The fourth-order valence-corrected chi connectivity index (χ4v) is 1.37. The van der Waals surface area contributed by atoms with Gasteiger partial charge in [0.05, 0.1) is 0 Å². The zero-order valence-corrected chi connectivity index (χ0v) is 14.4. The second-order valence-electron chi connectivity index (χ2n) is 4.49. The Bertz CT molecular complexity index is 580. The smallest absolute Gasteiger partial charge is 0.0376 e. The van der Waals surface area contributed by atoms with Crippen molar-refractivity contribution in [1.29, 1.82) is 0 Å². The summed E-state index contributed by atoms with van der Waals surface area (Å²) in [5.41, 5.74) is 0. The Kier molecular flexibility index (Phi) is 17.7. The molecule has 0 nitrogen and oxygen atoms in total. The Morgan fingerprint density at radius 1 is 0.417 bits per heavy atom. The molecule has 0 heterocycles. The lowest BCUT2D eigenvalue weighted by Gasteiger charge is -1.76. The molecule has 0 bridgehead atoms. The van der Waals surface area contributed by atoms with E-state index in [-0.39, 0.29) is 0 Å². The maximum atomic E-state index is 5.21. The zero-order chi connectivity index (χ0) is 17.6. The van der Waals surface area contributed by atoms with Gasteiger partial charge in [0.1, 0.15) is 0 Å². The average Bonchev–Trinajstić information content (AvgIpc) is 2.60. The standard InChI is InChI=1S/C24H27/c1-3-5-7-9-11-13-15-17-19-21-23-24-22-20-18-16-14-12-10-8-6-4-2/h1,3,5-24H,4H2,2H3/b3-1?,7-5+,8-6+,11-9+,12-10+,15-13+,16-14+,19-17+,20-18+,23-21+,24-22+. The Labute approximate surface area is 148 Å². The predicted octanol–water partition coefficient (Wildman–Crippen LogP) is 6.95. The largest absolute Gasteiger partial charge is 0.0848 e. The minimum absolute atomic E-state index is 1.07. The highest BCUT2D eigenvalue weighted by Gasteiger charge is 1.65. The molecule has 0 aromatic heterocycles. The van der Waals surface area contributed by atoms with E-state index in [1.807, 2.05) is 103 Å². The highest BCUT2D eigenvalue weighted by atomic mass is 13.7. The molecule has 0 rings (SSSR count). The minimum atomic E-state index is 1.07. The van der Waals surface area contributed by atoms with E-state index >= 15 is 0 Å². The fraction of sp³-hybridized carbons (Fsp3) is 0.0833. The summed E-state index contributed by atoms with van der Waals surface area (Å²) in [5.74, 6) is 0. The first-order chi connectivity index (χ1) is 11.9. The highest BCUT2D eigenvalue weighted by molar-refractivity contribution is 5.22. The molecule has 0 heteroatoms. The SMILES string of the molecule is [CH]=C/C=C/C=C/C=C/C=C/C=C/C=C/C=C/C=C/C=C/C=C/CC. The molecule has 0 saturated carbocycles. The molecular weight excluding hydrogens is 288 g/mol. The number of rotatable bonds is 11. The van der Waals surface area contributed by atoms with Gasteiger partial charge in [0.2, 0.25) is 0 Å². The van der Waals surface area contributed by atoms with Gasteiger partial charge >= 0.3 is 0 Å². The summed E-state index contributed by atoms with van der Waals surface area (Å²) in [6.07, 6.45) is 42.2. The average molecular weight is 315 g/mol. The molecule has 123 valence electrons. The van der Waals surface area contributed by atoms with E-state index in [1.165, 1.54) is 6.08 Å². The maximum Gasteiger partial charge on any atom is -0.0376 e. The van der Waals surface area contributed by atoms with Crippen LogP contribution in [0.5, 0.6) is 0 Å². The Morgan fingerprint density at radius 3 is 0.917 bits per heavy atom. The summed E-state index contributed by atoms with van der Waals surface area (Å²) in [7, 11) is 0. The van der Waals surface area contributed by atoms with Crippen molar-refractivity contribution in [3.63, 3.8) is 0 Å². The molecule has 0 aliphatic rings. The third kappa shape index (κ3) is 19.1. The van der Waals surface area contributed by atoms with E-state index in [2.05, 4.69) is 19.1 Å². The van der Waals surface area contributed by atoms with E-state index in [0.29, 0.717) is 0 Å². The van der Waals surface area contributed by atoms with Crippen molar-refractivity contribution >= 4 is 0 Å². The Morgan fingerprint density at radius 2 is 0.667 bits per heavy atom. The first kappa shape index (κ1) is 21.1. The van der Waals surface area contributed by atoms with E-state index in [4.69, 9.17) is 6.58 Å². The van der Waals surface area contributed by atoms with Crippen LogP contribution in [0.25, 0.3) is 0 Å². The monoisotopic (exact) mass is 315 g/mol. The predicted molar refractivity (Wildman–Crippen MR) is 111 cm³/mol. The molecule has 0 saturated heterocycles. The van der Waals surface area contributed by atoms with Crippen molar-refractivity contribution in [3.8, 4) is 0 Å². The molecular formula is C24H27. The van der Waals surface area contributed by atoms with Gasteiger partial charge in [-0.1, -0.05) is 141 Å². The van der Waals surface area contributed by atoms with Crippen molar-refractivity contribution in [3.05, 3.63) is 134 Å². The fourth-order valence-electron chi connectivity index (χ4n) is 1.37. The van der Waals surface area contributed by atoms with Crippen LogP contribution in [0.15, 0.2) is 128 Å². The van der Waals surface area contributed by atoms with E-state index in [0.717, 1.165) is 6.42 Å². The van der Waals surface area contributed by atoms with Gasteiger partial charge in [-0.05, 0) is 6.42 Å². The first-order valence-electron chi connectivity index (χ1n) is 8.12. The number of hydrogen-bond acceptors (Lipinski definition) is 0. The van der Waals surface area contributed by atoms with Crippen molar-refractivity contribution < 1.29 is 0 Å². The van der Waals surface area contributed by atoms with Gasteiger partial charge in [0, 0.05) is 0 Å². The van der Waals surface area contributed by atoms with E-state index < -0.39 is 0 Å². The summed E-state index contributed by atoms with van der Waals surface area (Å²) in [5, 5.41) is 0. The normalized spacial score (nSPS) is 14.4. The molecule has 0 spiro atoms. The number of allylic oxidation sites excluding steroid dienone is 21. The Hall–Kier alpha value is -2.86. The van der Waals surface area contributed by atoms with E-state index in [1.54, 1.807) is 6.08 Å². The lowest BCUT2D eigenvalue weighted by molar-refractivity contribution is 1.22. The van der Waals surface area contributed by atoms with Gasteiger partial charge in [-0.2, -0.15) is 0 Å². The molecule has 0 N–H and O–H groups in total. The molecule has 0 aromatic rings. The summed E-state index contributed by atoms with van der Waals surface area (Å²) >= 11 is 0. The second kappa shape index (κ2) is 20.1. The number of hydrogen-bond donors (Lipinski definition) is 0. The van der Waals surface area contributed by atoms with Crippen LogP contribution in [0.3, 0.4) is 0 Å². The minimum Gasteiger partial charge on any atom is -0.0848 e. The molecule has 0 aliphatic heterocycles. The molecule has 24 heavy (non-hydrogen) atoms. The van der Waals surface area contributed by atoms with Gasteiger partial charge in [-0.25, -0.2) is 0 Å². The third-order valence-electron chi connectivity index (χ3n) is 2.48. The van der Waals surface area contributed by atoms with Crippen molar-refractivity contribution in [1.82, 2.24) is 0 Å². The quantitative estimate of drug-likeness (QED) is 0.362. The lowest BCUT2D eigenvalue weighted by Crippen LogP contribution is -1.54. The Balaban J connectivity index is 3.89. The molecule has 0 unspecified atom stereocenters. The molecule has 0 amide bonds. The van der Waals surface area contributed by atoms with Gasteiger partial charge in [-0.3, -0.25) is 0 Å². The third-order valence-corrected chi connectivity index (χ3v) is 2.48. The molecule has 1 radical (unpaired) electrons. The van der Waals surface area contributed by atoms with Gasteiger partial charge < -0.3 is 0 Å². The molecule has 0 atom stereocenters. The summed E-state index contributed by atoms with van der Waals surface area (Å²) in [6.45, 7) is 7.33. The van der Waals surface area contributed by atoms with Crippen molar-refractivity contribution in [2.75, 3.05) is 0 Å². The van der Waals surface area contributed by atoms with Crippen molar-refractivity contribution in [2.45, 2.75) is 13.3 Å². The second-order valence-corrected chi connectivity index (χ2v) is 4.49. The highest BCUT2D eigenvalue weighted by Crippen LogP contribution is 1.87. The maximum absolute atomic E-state index is 5.21. The van der Waals surface area contributed by atoms with Gasteiger partial charge in [0.25, 0.3) is 0 Å². The van der Waals surface area contributed by atoms with Crippen LogP contribution in [-0.2, 0) is 0 Å². The lowest BCUT2D eigenvalue weighted by atomic mass is 10.3. The van der Waals surface area contributed by atoms with Crippen molar-refractivity contribution in [2.24, 2.45) is 0 Å². The van der Waals surface area contributed by atoms with Gasteiger partial charge in [-0.15, -0.1) is 0 Å².